The van der Waals surface area contributed by atoms with Gasteiger partial charge in [0.25, 0.3) is 0 Å². The van der Waals surface area contributed by atoms with Gasteiger partial charge in [0.2, 0.25) is 0 Å². The third-order valence-electron chi connectivity index (χ3n) is 2.24. The molecular formula is C10H16O3. The lowest BCUT2D eigenvalue weighted by atomic mass is 9.83. The number of hydrogen-bond acceptors (Lipinski definition) is 3. The van der Waals surface area contributed by atoms with E-state index in [9.17, 15) is 4.79 Å². The topological polar surface area (TPSA) is 35.5 Å². The van der Waals surface area contributed by atoms with Gasteiger partial charge in [0, 0.05) is 11.0 Å². The minimum absolute atomic E-state index is 0.0378. The highest BCUT2D eigenvalue weighted by atomic mass is 16.6. The number of hydrogen-bond donors (Lipinski definition) is 0. The fourth-order valence-electron chi connectivity index (χ4n) is 1.08. The third kappa shape index (κ3) is 2.31. The molecule has 0 bridgehead atoms. The van der Waals surface area contributed by atoms with Gasteiger partial charge in [-0.05, 0) is 6.92 Å². The Labute approximate surface area is 78.7 Å². The van der Waals surface area contributed by atoms with Crippen molar-refractivity contribution in [1.82, 2.24) is 0 Å². The predicted molar refractivity (Wildman–Crippen MR) is 49.3 cm³/mol. The summed E-state index contributed by atoms with van der Waals surface area (Å²) >= 11 is 0. The van der Waals surface area contributed by atoms with E-state index >= 15 is 0 Å². The molecule has 0 saturated carbocycles. The van der Waals surface area contributed by atoms with Gasteiger partial charge in [-0.1, -0.05) is 20.4 Å². The summed E-state index contributed by atoms with van der Waals surface area (Å²) in [5, 5.41) is 0. The Morgan fingerprint density at radius 2 is 2.31 bits per heavy atom. The largest absolute Gasteiger partial charge is 0.460 e. The number of ether oxygens (including phenoxy) is 2. The van der Waals surface area contributed by atoms with Crippen LogP contribution in [0, 0.1) is 5.41 Å². The summed E-state index contributed by atoms with van der Waals surface area (Å²) in [6.07, 6.45) is 0.0378. The summed E-state index contributed by atoms with van der Waals surface area (Å²) in [6.45, 7) is 10.4. The van der Waals surface area contributed by atoms with E-state index in [-0.39, 0.29) is 17.5 Å². The lowest BCUT2D eigenvalue weighted by molar-refractivity contribution is -0.194. The smallest absolute Gasteiger partial charge is 0.333 e. The molecule has 0 aromatic rings. The van der Waals surface area contributed by atoms with Crippen molar-refractivity contribution < 1.29 is 14.3 Å². The molecule has 0 aromatic heterocycles. The molecule has 1 atom stereocenters. The zero-order valence-electron chi connectivity index (χ0n) is 8.42. The monoisotopic (exact) mass is 184 g/mol. The summed E-state index contributed by atoms with van der Waals surface area (Å²) in [5.41, 5.74) is 0.562. The number of carbonyl (C=O) groups is 1. The minimum Gasteiger partial charge on any atom is -0.460 e. The van der Waals surface area contributed by atoms with Crippen molar-refractivity contribution in [3.63, 3.8) is 0 Å². The molecule has 0 aromatic carbocycles. The first kappa shape index (κ1) is 10.3. The molecule has 1 saturated heterocycles. The van der Waals surface area contributed by atoms with Crippen molar-refractivity contribution >= 4 is 5.97 Å². The van der Waals surface area contributed by atoms with E-state index in [0.29, 0.717) is 12.2 Å². The molecular weight excluding hydrogens is 168 g/mol. The molecule has 0 radical (unpaired) electrons. The molecule has 1 aliphatic heterocycles. The van der Waals surface area contributed by atoms with Crippen LogP contribution in [0.3, 0.4) is 0 Å². The maximum Gasteiger partial charge on any atom is 0.333 e. The van der Waals surface area contributed by atoms with Crippen molar-refractivity contribution in [1.29, 1.82) is 0 Å². The molecule has 0 aliphatic carbocycles. The molecule has 1 heterocycles. The molecule has 1 unspecified atom stereocenters. The van der Waals surface area contributed by atoms with E-state index in [1.165, 1.54) is 0 Å². The molecule has 3 nitrogen and oxygen atoms in total. The van der Waals surface area contributed by atoms with Crippen molar-refractivity contribution in [2.24, 2.45) is 5.41 Å². The van der Waals surface area contributed by atoms with Gasteiger partial charge in [0.1, 0.15) is 6.61 Å². The zero-order chi connectivity index (χ0) is 10.1. The fraction of sp³-hybridized carbons (Fsp3) is 0.700. The van der Waals surface area contributed by atoms with Crippen molar-refractivity contribution in [2.45, 2.75) is 26.9 Å². The first-order valence-electron chi connectivity index (χ1n) is 4.38. The normalized spacial score (nSPS) is 24.7. The van der Waals surface area contributed by atoms with Crippen LogP contribution >= 0.6 is 0 Å². The van der Waals surface area contributed by atoms with Gasteiger partial charge in [-0.15, -0.1) is 0 Å². The standard InChI is InChI=1S/C10H16O3/c1-7(2)9(11)12-5-8-10(3,4)6-13-8/h8H,1,5-6H2,2-4H3. The molecule has 0 N–H and O–H groups in total. The number of carbonyl (C=O) groups excluding carboxylic acids is 1. The van der Waals surface area contributed by atoms with Crippen LogP contribution < -0.4 is 0 Å². The van der Waals surface area contributed by atoms with Crippen molar-refractivity contribution in [3.8, 4) is 0 Å². The van der Waals surface area contributed by atoms with Crippen LogP contribution in [0.1, 0.15) is 20.8 Å². The van der Waals surface area contributed by atoms with Gasteiger partial charge >= 0.3 is 5.97 Å². The van der Waals surface area contributed by atoms with E-state index in [4.69, 9.17) is 9.47 Å². The van der Waals surface area contributed by atoms with E-state index in [1.54, 1.807) is 6.92 Å². The van der Waals surface area contributed by atoms with Gasteiger partial charge in [-0.2, -0.15) is 0 Å². The molecule has 0 amide bonds. The number of esters is 1. The Balaban J connectivity index is 2.28. The lowest BCUT2D eigenvalue weighted by Crippen LogP contribution is -2.50. The minimum atomic E-state index is -0.341. The van der Waals surface area contributed by atoms with Crippen LogP contribution in [0.5, 0.6) is 0 Å². The lowest BCUT2D eigenvalue weighted by Gasteiger charge is -2.43. The summed E-state index contributed by atoms with van der Waals surface area (Å²) in [5.74, 6) is -0.341. The Morgan fingerprint density at radius 1 is 1.69 bits per heavy atom. The van der Waals surface area contributed by atoms with Crippen LogP contribution in [0.15, 0.2) is 12.2 Å². The molecule has 1 fully saturated rings. The van der Waals surface area contributed by atoms with Gasteiger partial charge < -0.3 is 9.47 Å². The Kier molecular flexibility index (Phi) is 2.76. The fourth-order valence-corrected chi connectivity index (χ4v) is 1.08. The van der Waals surface area contributed by atoms with Gasteiger partial charge in [-0.3, -0.25) is 0 Å². The highest BCUT2D eigenvalue weighted by Crippen LogP contribution is 2.33. The van der Waals surface area contributed by atoms with Crippen LogP contribution in [0.25, 0.3) is 0 Å². The van der Waals surface area contributed by atoms with Crippen molar-refractivity contribution in [2.75, 3.05) is 13.2 Å². The third-order valence-corrected chi connectivity index (χ3v) is 2.24. The quantitative estimate of drug-likeness (QED) is 0.493. The average molecular weight is 184 g/mol. The summed E-state index contributed by atoms with van der Waals surface area (Å²) in [7, 11) is 0. The van der Waals surface area contributed by atoms with E-state index < -0.39 is 0 Å². The maximum atomic E-state index is 11.0. The Bertz CT molecular complexity index is 230. The first-order chi connectivity index (χ1) is 5.93. The summed E-state index contributed by atoms with van der Waals surface area (Å²) in [4.78, 5) is 11.0. The first-order valence-corrected chi connectivity index (χ1v) is 4.38. The SMILES string of the molecule is C=C(C)C(=O)OCC1OCC1(C)C. The van der Waals surface area contributed by atoms with Crippen LogP contribution in [0.2, 0.25) is 0 Å². The molecule has 1 aliphatic rings. The predicted octanol–water partition coefficient (Wildman–Crippen LogP) is 1.53. The molecule has 1 rings (SSSR count). The highest BCUT2D eigenvalue weighted by Gasteiger charge is 2.40. The summed E-state index contributed by atoms with van der Waals surface area (Å²) < 4.78 is 10.2. The Morgan fingerprint density at radius 3 is 2.62 bits per heavy atom. The second kappa shape index (κ2) is 3.50. The number of rotatable bonds is 3. The maximum absolute atomic E-state index is 11.0. The molecule has 74 valence electrons. The second-order valence-electron chi connectivity index (χ2n) is 4.17. The molecule has 3 heteroatoms. The van der Waals surface area contributed by atoms with Crippen molar-refractivity contribution in [3.05, 3.63) is 12.2 Å². The van der Waals surface area contributed by atoms with E-state index in [0.717, 1.165) is 6.61 Å². The van der Waals surface area contributed by atoms with E-state index in [1.807, 2.05) is 0 Å². The van der Waals surface area contributed by atoms with Crippen LogP contribution in [-0.2, 0) is 14.3 Å². The Hall–Kier alpha value is -0.830. The average Bonchev–Trinajstić information content (AvgIpc) is 2.02. The second-order valence-corrected chi connectivity index (χ2v) is 4.17. The highest BCUT2D eigenvalue weighted by molar-refractivity contribution is 5.86. The van der Waals surface area contributed by atoms with Gasteiger partial charge in [-0.25, -0.2) is 4.79 Å². The van der Waals surface area contributed by atoms with Gasteiger partial charge in [0.05, 0.1) is 12.7 Å². The van der Waals surface area contributed by atoms with Crippen LogP contribution in [-0.4, -0.2) is 25.3 Å². The molecule has 13 heavy (non-hydrogen) atoms. The van der Waals surface area contributed by atoms with Crippen LogP contribution in [0.4, 0.5) is 0 Å². The summed E-state index contributed by atoms with van der Waals surface area (Å²) in [6, 6.07) is 0. The molecule has 0 spiro atoms. The zero-order valence-corrected chi connectivity index (χ0v) is 8.42. The van der Waals surface area contributed by atoms with E-state index in [2.05, 4.69) is 20.4 Å². The van der Waals surface area contributed by atoms with Gasteiger partial charge in [0.15, 0.2) is 0 Å².